The maximum atomic E-state index is 14.0. The van der Waals surface area contributed by atoms with Crippen LogP contribution in [0.25, 0.3) is 0 Å². The molecule has 4 rings (SSSR count). The molecule has 3 heterocycles. The number of carbonyl (C=O) groups excluding carboxylic acids is 1. The molecule has 0 aromatic heterocycles. The monoisotopic (exact) mass is 452 g/mol. The van der Waals surface area contributed by atoms with Crippen molar-refractivity contribution in [3.63, 3.8) is 0 Å². The number of terminal acetylenes is 1. The van der Waals surface area contributed by atoms with Crippen LogP contribution in [0.15, 0.2) is 41.4 Å². The molecule has 2 atom stereocenters. The number of hydrazine groups is 1. The number of alkyl halides is 1. The van der Waals surface area contributed by atoms with Crippen molar-refractivity contribution in [1.82, 2.24) is 20.7 Å². The number of allylic oxidation sites excluding steroid dienone is 1. The van der Waals surface area contributed by atoms with Gasteiger partial charge < -0.3 is 10.2 Å². The van der Waals surface area contributed by atoms with Gasteiger partial charge in [-0.25, -0.2) is 4.39 Å². The van der Waals surface area contributed by atoms with Crippen molar-refractivity contribution in [1.29, 1.82) is 0 Å². The highest BCUT2D eigenvalue weighted by Gasteiger charge is 2.42. The minimum atomic E-state index is -1.34. The first kappa shape index (κ1) is 24.1. The highest BCUT2D eigenvalue weighted by atomic mass is 35.5. The van der Waals surface area contributed by atoms with E-state index >= 15 is 0 Å². The van der Waals surface area contributed by atoms with Crippen molar-refractivity contribution in [2.75, 3.05) is 13.1 Å². The molecule has 1 saturated heterocycles. The molecule has 8 heteroatoms. The fourth-order valence-electron chi connectivity index (χ4n) is 3.76. The number of nitrogens with zero attached hydrogens (tertiary/aromatic N) is 2. The van der Waals surface area contributed by atoms with Crippen molar-refractivity contribution in [2.24, 2.45) is 0 Å². The zero-order valence-corrected chi connectivity index (χ0v) is 18.9. The van der Waals surface area contributed by atoms with Crippen LogP contribution in [0.3, 0.4) is 0 Å². The minimum Gasteiger partial charge on any atom is -0.344 e. The number of likely N-dealkylation sites (tertiary alicyclic amines) is 1. The van der Waals surface area contributed by atoms with Gasteiger partial charge in [-0.2, -0.15) is 5.43 Å². The summed E-state index contributed by atoms with van der Waals surface area (Å²) in [7, 11) is 0. The highest BCUT2D eigenvalue weighted by molar-refractivity contribution is 6.42. The van der Waals surface area contributed by atoms with E-state index in [0.717, 1.165) is 25.9 Å². The van der Waals surface area contributed by atoms with Crippen LogP contribution in [0.1, 0.15) is 45.2 Å². The van der Waals surface area contributed by atoms with Gasteiger partial charge in [0, 0.05) is 30.4 Å². The number of hydrogen-bond donors (Lipinski definition) is 2. The summed E-state index contributed by atoms with van der Waals surface area (Å²) in [6, 6.07) is 4.73. The van der Waals surface area contributed by atoms with Crippen LogP contribution in [-0.4, -0.2) is 35.2 Å². The number of halogens is 3. The third-order valence-electron chi connectivity index (χ3n) is 4.98. The van der Waals surface area contributed by atoms with Gasteiger partial charge in [0.25, 0.3) is 5.91 Å². The van der Waals surface area contributed by atoms with Crippen LogP contribution in [0.4, 0.5) is 4.39 Å². The van der Waals surface area contributed by atoms with Crippen LogP contribution in [0.2, 0.25) is 10.0 Å². The van der Waals surface area contributed by atoms with Crippen LogP contribution < -0.4 is 10.7 Å². The number of carbonyl (C=O) groups is 1. The van der Waals surface area contributed by atoms with Crippen LogP contribution >= 0.6 is 23.2 Å². The first-order valence-electron chi connectivity index (χ1n) is 9.93. The van der Waals surface area contributed by atoms with Gasteiger partial charge in [0.05, 0.1) is 15.6 Å². The Kier molecular flexibility index (Phi) is 8.60. The molecule has 162 valence electrons. The Morgan fingerprint density at radius 1 is 1.20 bits per heavy atom. The van der Waals surface area contributed by atoms with Gasteiger partial charge in [0.15, 0.2) is 6.30 Å². The maximum absolute atomic E-state index is 14.0. The van der Waals surface area contributed by atoms with Gasteiger partial charge in [-0.05, 0) is 25.8 Å². The van der Waals surface area contributed by atoms with Crippen molar-refractivity contribution in [3.05, 3.63) is 57.0 Å². The number of fused-ring (bicyclic) bond motifs is 1. The molecule has 1 aromatic carbocycles. The van der Waals surface area contributed by atoms with Crippen molar-refractivity contribution in [3.8, 4) is 12.8 Å². The Hall–Kier alpha value is -2.20. The molecule has 0 aliphatic carbocycles. The first-order valence-corrected chi connectivity index (χ1v) is 10.7. The number of benzene rings is 1. The Morgan fingerprint density at radius 2 is 1.83 bits per heavy atom. The van der Waals surface area contributed by atoms with E-state index in [4.69, 9.17) is 23.2 Å². The van der Waals surface area contributed by atoms with E-state index in [2.05, 4.69) is 23.6 Å². The average molecular weight is 453 g/mol. The van der Waals surface area contributed by atoms with Gasteiger partial charge in [-0.1, -0.05) is 49.2 Å². The summed E-state index contributed by atoms with van der Waals surface area (Å²) in [5, 5.41) is 5.52. The molecule has 1 amide bonds. The molecule has 0 spiro atoms. The summed E-state index contributed by atoms with van der Waals surface area (Å²) in [5.74, 6) is 0.505. The van der Waals surface area contributed by atoms with E-state index in [1.807, 2.05) is 31.7 Å². The Labute approximate surface area is 187 Å². The lowest BCUT2D eigenvalue weighted by molar-refractivity contribution is -0.127. The molecule has 5 nitrogen and oxygen atoms in total. The third kappa shape index (κ3) is 4.59. The SMILES string of the molecule is C#C.CC.CC1=C(C(=O)N2CCCC2)C(c2cccc(Cl)c2Cl)N2NC(F)C=C2N1. The van der Waals surface area contributed by atoms with Gasteiger partial charge in [-0.15, -0.1) is 12.8 Å². The smallest absolute Gasteiger partial charge is 0.254 e. The topological polar surface area (TPSA) is 47.6 Å². The Bertz CT molecular complexity index is 862. The zero-order chi connectivity index (χ0) is 22.4. The molecule has 0 saturated carbocycles. The quantitative estimate of drug-likeness (QED) is 0.501. The van der Waals surface area contributed by atoms with Gasteiger partial charge in [-0.3, -0.25) is 9.80 Å². The van der Waals surface area contributed by atoms with Crippen LogP contribution in [0.5, 0.6) is 0 Å². The molecule has 1 fully saturated rings. The van der Waals surface area contributed by atoms with Crippen molar-refractivity contribution >= 4 is 29.1 Å². The molecular weight excluding hydrogens is 426 g/mol. The predicted octanol–water partition coefficient (Wildman–Crippen LogP) is 4.77. The molecule has 1 aromatic rings. The van der Waals surface area contributed by atoms with Gasteiger partial charge in [0.2, 0.25) is 0 Å². The number of hydrogen-bond acceptors (Lipinski definition) is 4. The van der Waals surface area contributed by atoms with Crippen molar-refractivity contribution < 1.29 is 9.18 Å². The molecule has 0 bridgehead atoms. The van der Waals surface area contributed by atoms with E-state index in [0.29, 0.717) is 32.7 Å². The normalized spacial score (nSPS) is 22.2. The minimum absolute atomic E-state index is 0.0586. The lowest BCUT2D eigenvalue weighted by Gasteiger charge is -2.40. The lowest BCUT2D eigenvalue weighted by Crippen LogP contribution is -2.48. The van der Waals surface area contributed by atoms with Crippen LogP contribution in [-0.2, 0) is 4.79 Å². The molecule has 3 aliphatic rings. The summed E-state index contributed by atoms with van der Waals surface area (Å²) >= 11 is 12.7. The van der Waals surface area contributed by atoms with E-state index in [1.165, 1.54) is 6.08 Å². The number of nitrogens with one attached hydrogen (secondary N) is 2. The molecule has 3 aliphatic heterocycles. The second-order valence-electron chi connectivity index (χ2n) is 6.66. The first-order chi connectivity index (χ1) is 14.5. The summed E-state index contributed by atoms with van der Waals surface area (Å²) in [6.45, 7) is 7.29. The Balaban J connectivity index is 0.000000757. The van der Waals surface area contributed by atoms with Gasteiger partial charge >= 0.3 is 0 Å². The largest absolute Gasteiger partial charge is 0.344 e. The highest BCUT2D eigenvalue weighted by Crippen LogP contribution is 2.42. The summed E-state index contributed by atoms with van der Waals surface area (Å²) in [5.41, 5.74) is 4.66. The molecule has 0 radical (unpaired) electrons. The summed E-state index contributed by atoms with van der Waals surface area (Å²) in [4.78, 5) is 15.1. The summed E-state index contributed by atoms with van der Waals surface area (Å²) in [6.07, 6.45) is 10.1. The van der Waals surface area contributed by atoms with E-state index in [9.17, 15) is 9.18 Å². The molecular formula is C22H27Cl2FN4O. The third-order valence-corrected chi connectivity index (χ3v) is 5.81. The fourth-order valence-corrected chi connectivity index (χ4v) is 4.17. The molecule has 2 N–H and O–H groups in total. The average Bonchev–Trinajstić information content (AvgIpc) is 3.41. The van der Waals surface area contributed by atoms with E-state index in [1.54, 1.807) is 17.1 Å². The number of amides is 1. The molecule has 30 heavy (non-hydrogen) atoms. The standard InChI is InChI=1S/C18H19Cl2FN4O.C2H6.C2H2/c1-10-15(18(26)24-7-2-3-8-24)17(11-5-4-6-12(19)16(11)20)25-14(22-10)9-13(21)23-25;2*1-2/h4-6,9,13,17,22-23H,2-3,7-8H2,1H3;1-2H3;1-2H. The predicted molar refractivity (Wildman–Crippen MR) is 120 cm³/mol. The second kappa shape index (κ2) is 10.7. The lowest BCUT2D eigenvalue weighted by atomic mass is 9.93. The van der Waals surface area contributed by atoms with Crippen molar-refractivity contribution in [2.45, 2.75) is 46.0 Å². The fraction of sp³-hybridized carbons (Fsp3) is 0.409. The van der Waals surface area contributed by atoms with E-state index in [-0.39, 0.29) is 5.91 Å². The second-order valence-corrected chi connectivity index (χ2v) is 7.45. The Morgan fingerprint density at radius 3 is 2.47 bits per heavy atom. The van der Waals surface area contributed by atoms with Gasteiger partial charge in [0.1, 0.15) is 11.9 Å². The maximum Gasteiger partial charge on any atom is 0.254 e. The molecule has 2 unspecified atom stereocenters. The van der Waals surface area contributed by atoms with Crippen LogP contribution in [0, 0.1) is 12.8 Å². The van der Waals surface area contributed by atoms with E-state index < -0.39 is 12.3 Å². The summed E-state index contributed by atoms with van der Waals surface area (Å²) < 4.78 is 14.0. The zero-order valence-electron chi connectivity index (χ0n) is 17.4. The number of rotatable bonds is 2.